The van der Waals surface area contributed by atoms with Crippen LogP contribution in [0.15, 0.2) is 12.2 Å². The molecule has 2 fully saturated rings. The molecule has 0 radical (unpaired) electrons. The van der Waals surface area contributed by atoms with Crippen LogP contribution in [0.3, 0.4) is 0 Å². The number of carbonyl (C=O) groups is 2. The molecule has 2 saturated heterocycles. The average Bonchev–Trinajstić information content (AvgIpc) is 3.49. The number of hydrogen-bond donors (Lipinski definition) is 5. The molecular weight excluding hydrogens is 721 g/mol. The third kappa shape index (κ3) is 13.1. The number of unbranched alkanes of at least 4 members (excludes halogenated alkanes) is 12. The lowest BCUT2D eigenvalue weighted by atomic mass is 9.80. The van der Waals surface area contributed by atoms with Crippen molar-refractivity contribution in [3.05, 3.63) is 12.2 Å². The predicted octanol–water partition coefficient (Wildman–Crippen LogP) is 6.12. The zero-order valence-electron chi connectivity index (χ0n) is 35.9. The molecule has 5 aliphatic rings. The fourth-order valence-corrected chi connectivity index (χ4v) is 10.3. The van der Waals surface area contributed by atoms with Gasteiger partial charge in [0.25, 0.3) is 0 Å². The van der Waals surface area contributed by atoms with Gasteiger partial charge in [0.2, 0.25) is 11.6 Å². The molecule has 12 nitrogen and oxygen atoms in total. The van der Waals surface area contributed by atoms with Crippen LogP contribution in [0.2, 0.25) is 0 Å². The normalized spacial score (nSPS) is 29.8. The first-order valence-corrected chi connectivity index (χ1v) is 23.5. The number of allylic oxidation sites excluding steroid dienone is 1. The number of rotatable bonds is 25. The molecular formula is C45H81N6O6+. The number of amides is 1. The van der Waals surface area contributed by atoms with E-state index in [0.717, 1.165) is 95.9 Å². The van der Waals surface area contributed by atoms with Gasteiger partial charge in [-0.3, -0.25) is 14.2 Å². The summed E-state index contributed by atoms with van der Waals surface area (Å²) in [6.45, 7) is 6.73. The first kappa shape index (κ1) is 45.8. The summed E-state index contributed by atoms with van der Waals surface area (Å²) < 4.78 is 22.1. The van der Waals surface area contributed by atoms with E-state index in [2.05, 4.69) is 41.2 Å². The third-order valence-electron chi connectivity index (χ3n) is 13.3. The lowest BCUT2D eigenvalue weighted by Crippen LogP contribution is -2.76. The molecule has 1 unspecified atom stereocenters. The Morgan fingerprint density at radius 2 is 1.63 bits per heavy atom. The van der Waals surface area contributed by atoms with Gasteiger partial charge in [0.05, 0.1) is 37.0 Å². The van der Waals surface area contributed by atoms with Crippen molar-refractivity contribution in [3.8, 4) is 0 Å². The zero-order valence-corrected chi connectivity index (χ0v) is 35.9. The van der Waals surface area contributed by atoms with Crippen molar-refractivity contribution in [1.82, 2.24) is 15.5 Å². The van der Waals surface area contributed by atoms with Gasteiger partial charge in [-0.15, -0.1) is 0 Å². The molecule has 0 bridgehead atoms. The van der Waals surface area contributed by atoms with E-state index in [1.165, 1.54) is 57.8 Å². The summed E-state index contributed by atoms with van der Waals surface area (Å²) in [7, 11) is 0. The molecule has 0 aromatic heterocycles. The molecule has 0 aromatic carbocycles. The summed E-state index contributed by atoms with van der Waals surface area (Å²) in [6, 6.07) is 0.391. The summed E-state index contributed by atoms with van der Waals surface area (Å²) >= 11 is 0. The van der Waals surface area contributed by atoms with E-state index < -0.39 is 17.6 Å². The number of esters is 1. The van der Waals surface area contributed by atoms with Crippen molar-refractivity contribution in [2.45, 2.75) is 216 Å². The van der Waals surface area contributed by atoms with Gasteiger partial charge in [0.15, 0.2) is 11.6 Å². The van der Waals surface area contributed by atoms with Gasteiger partial charge in [0, 0.05) is 38.8 Å². The number of aliphatic hydroxyl groups is 1. The molecule has 326 valence electrons. The molecule has 2 spiro atoms. The molecule has 5 aliphatic heterocycles. The van der Waals surface area contributed by atoms with Crippen molar-refractivity contribution >= 4 is 17.8 Å². The van der Waals surface area contributed by atoms with Gasteiger partial charge in [-0.05, 0) is 84.2 Å². The van der Waals surface area contributed by atoms with E-state index in [9.17, 15) is 14.7 Å². The van der Waals surface area contributed by atoms with Gasteiger partial charge in [-0.2, -0.15) is 0 Å². The fourth-order valence-electron chi connectivity index (χ4n) is 10.3. The first-order chi connectivity index (χ1) is 27.7. The van der Waals surface area contributed by atoms with Gasteiger partial charge in [-0.25, -0.2) is 10.6 Å². The average molecular weight is 802 g/mol. The van der Waals surface area contributed by atoms with Crippen molar-refractivity contribution in [3.63, 3.8) is 0 Å². The second kappa shape index (κ2) is 23.5. The third-order valence-corrected chi connectivity index (χ3v) is 13.3. The van der Waals surface area contributed by atoms with Crippen molar-refractivity contribution in [1.29, 1.82) is 0 Å². The van der Waals surface area contributed by atoms with E-state index in [1.54, 1.807) is 4.90 Å². The van der Waals surface area contributed by atoms with Gasteiger partial charge < -0.3 is 35.7 Å². The molecule has 7 N–H and O–H groups in total. The first-order valence-electron chi connectivity index (χ1n) is 23.5. The maximum atomic E-state index is 14.1. The highest BCUT2D eigenvalue weighted by molar-refractivity contribution is 5.82. The van der Waals surface area contributed by atoms with Gasteiger partial charge in [-0.1, -0.05) is 89.7 Å². The molecule has 5 rings (SSSR count). The Hall–Kier alpha value is -2.25. The molecule has 5 heterocycles. The molecule has 0 aliphatic carbocycles. The van der Waals surface area contributed by atoms with Gasteiger partial charge >= 0.3 is 11.9 Å². The highest BCUT2D eigenvalue weighted by Gasteiger charge is 2.64. The van der Waals surface area contributed by atoms with Crippen LogP contribution in [0.4, 0.5) is 0 Å². The largest absolute Gasteiger partial charge is 0.465 e. The lowest BCUT2D eigenvalue weighted by molar-refractivity contribution is -0.609. The smallest absolute Gasteiger partial charge is 0.350 e. The van der Waals surface area contributed by atoms with Crippen molar-refractivity contribution in [2.24, 2.45) is 17.4 Å². The number of guanidine groups is 1. The van der Waals surface area contributed by atoms with E-state index in [4.69, 9.17) is 25.7 Å². The van der Waals surface area contributed by atoms with Crippen LogP contribution in [0.1, 0.15) is 174 Å². The minimum Gasteiger partial charge on any atom is -0.465 e. The maximum Gasteiger partial charge on any atom is 0.350 e. The summed E-state index contributed by atoms with van der Waals surface area (Å²) in [6.07, 6.45) is 29.7. The topological polar surface area (TPSA) is 164 Å². The zero-order chi connectivity index (χ0) is 40.5. The number of hydrogen-bond acceptors (Lipinski definition) is 10. The summed E-state index contributed by atoms with van der Waals surface area (Å²) in [4.78, 5) is 28.5. The highest BCUT2D eigenvalue weighted by Crippen LogP contribution is 2.45. The van der Waals surface area contributed by atoms with Crippen molar-refractivity contribution in [2.75, 3.05) is 32.8 Å². The van der Waals surface area contributed by atoms with Crippen LogP contribution in [0.5, 0.6) is 0 Å². The van der Waals surface area contributed by atoms with E-state index in [1.807, 2.05) is 0 Å². The minimum absolute atomic E-state index is 0.0619. The SMILES string of the molecule is CC[C@@H]1C=CCC[C@]2(C[C@H]3CC[C@@H]4[C@H](C(=O)OCCCCCCCCCCCCCCCC(=O)N(CCCN)CC(O)CCN)[C@]5(CCC[C@H](C)O5)NC(=[N+]34)N2)O1. The Bertz CT molecular complexity index is 1300. The second-order valence-electron chi connectivity index (χ2n) is 17.9. The second-order valence-corrected chi connectivity index (χ2v) is 17.9. The minimum atomic E-state index is -0.761. The molecule has 8 atom stereocenters. The summed E-state index contributed by atoms with van der Waals surface area (Å²) in [5.74, 6) is 0.653. The maximum absolute atomic E-state index is 14.1. The Balaban J connectivity index is 0.941. The van der Waals surface area contributed by atoms with Crippen LogP contribution in [-0.2, 0) is 23.8 Å². The molecule has 1 amide bonds. The molecule has 0 aromatic rings. The quantitative estimate of drug-likeness (QED) is 0.0315. The molecule has 57 heavy (non-hydrogen) atoms. The van der Waals surface area contributed by atoms with Crippen LogP contribution in [0, 0.1) is 5.92 Å². The lowest BCUT2D eigenvalue weighted by Gasteiger charge is -2.50. The van der Waals surface area contributed by atoms with Crippen LogP contribution < -0.4 is 22.1 Å². The number of ether oxygens (including phenoxy) is 3. The van der Waals surface area contributed by atoms with Crippen LogP contribution in [-0.4, -0.2) is 107 Å². The fraction of sp³-hybridized carbons (Fsp3) is 0.889. The number of carbonyl (C=O) groups excluding carboxylic acids is 2. The Morgan fingerprint density at radius 3 is 2.30 bits per heavy atom. The predicted molar refractivity (Wildman–Crippen MR) is 225 cm³/mol. The van der Waals surface area contributed by atoms with E-state index >= 15 is 0 Å². The van der Waals surface area contributed by atoms with Crippen LogP contribution in [0.25, 0.3) is 0 Å². The number of aliphatic hydroxyl groups excluding tert-OH is 1. The highest BCUT2D eigenvalue weighted by atomic mass is 16.6. The molecule has 0 saturated carbocycles. The Kier molecular flexibility index (Phi) is 18.9. The van der Waals surface area contributed by atoms with E-state index in [0.29, 0.717) is 51.7 Å². The summed E-state index contributed by atoms with van der Waals surface area (Å²) in [5, 5.41) is 17.8. The number of nitrogens with two attached hydrogens (primary N) is 2. The van der Waals surface area contributed by atoms with E-state index in [-0.39, 0.29) is 36.0 Å². The van der Waals surface area contributed by atoms with Crippen molar-refractivity contribution < 1.29 is 33.5 Å². The standard InChI is InChI=1S/C45H80N6O6/c1-3-38-22-16-17-27-44(57-38)33-36-24-25-39-41(45(28-19-21-35(2)56-45)49-43(48-44)51(36)39)42(54)55-32-18-14-12-10-8-6-4-5-7-9-11-13-15-23-40(53)50(31-20-29-46)34-37(52)26-30-47/h16,22,35-39,41,52H,3-15,17-21,23-34,46-47H2,1-2H3,(H,48,49)/p+1/t35-,36+,37?,38+,39+,41+,44+,45+/m0/s1. The Labute approximate surface area is 344 Å². The van der Waals surface area contributed by atoms with Crippen LogP contribution >= 0.6 is 0 Å². The monoisotopic (exact) mass is 802 g/mol. The molecule has 12 heteroatoms. The summed E-state index contributed by atoms with van der Waals surface area (Å²) in [5.41, 5.74) is 10.0. The van der Waals surface area contributed by atoms with Gasteiger partial charge in [0.1, 0.15) is 0 Å². The Morgan fingerprint density at radius 1 is 0.930 bits per heavy atom. The number of nitrogens with one attached hydrogen (secondary N) is 2. The number of nitrogens with zero attached hydrogens (tertiary/aromatic N) is 2.